The van der Waals surface area contributed by atoms with Gasteiger partial charge in [-0.05, 0) is 58.1 Å². The second-order valence-electron chi connectivity index (χ2n) is 12.9. The molecule has 0 saturated carbocycles. The van der Waals surface area contributed by atoms with Crippen molar-refractivity contribution in [3.63, 3.8) is 0 Å². The topological polar surface area (TPSA) is 113 Å². The van der Waals surface area contributed by atoms with Gasteiger partial charge in [-0.1, -0.05) is 67.6 Å². The molecule has 50 heavy (non-hydrogen) atoms. The van der Waals surface area contributed by atoms with Crippen molar-refractivity contribution in [2.24, 2.45) is 5.92 Å². The van der Waals surface area contributed by atoms with Gasteiger partial charge < -0.3 is 24.8 Å². The minimum Gasteiger partial charge on any atom is -0.392 e. The number of benzene rings is 3. The third kappa shape index (κ3) is 7.90. The Morgan fingerprint density at radius 3 is 2.32 bits per heavy atom. The van der Waals surface area contributed by atoms with Crippen molar-refractivity contribution in [3.05, 3.63) is 144 Å². The first kappa shape index (κ1) is 33.5. The number of carbonyl (C=O) groups excluding carboxylic acids is 1. The highest BCUT2D eigenvalue weighted by molar-refractivity contribution is 5.93. The number of hydrogen-bond donors (Lipinski definition) is 2. The fourth-order valence-electron chi connectivity index (χ4n) is 6.67. The SMILES string of the molecule is CC1C(CN2CCN(c3ncccn3)CC2)OC(c2cccc(-c3cccc(CNC(=O)c4cccnc4)c3)c2)OC1c1ccc(CO)cc1. The Balaban J connectivity index is 1.08. The summed E-state index contributed by atoms with van der Waals surface area (Å²) in [6.45, 7) is 6.87. The van der Waals surface area contributed by atoms with E-state index >= 15 is 0 Å². The lowest BCUT2D eigenvalue weighted by atomic mass is 9.89. The number of piperazine rings is 1. The number of nitrogens with zero attached hydrogens (tertiary/aromatic N) is 5. The molecular formula is C40H42N6O4. The Morgan fingerprint density at radius 1 is 0.820 bits per heavy atom. The van der Waals surface area contributed by atoms with Crippen molar-refractivity contribution in [3.8, 4) is 11.1 Å². The third-order valence-electron chi connectivity index (χ3n) is 9.56. The van der Waals surface area contributed by atoms with E-state index in [0.717, 1.165) is 72.1 Å². The third-order valence-corrected chi connectivity index (χ3v) is 9.56. The van der Waals surface area contributed by atoms with Gasteiger partial charge in [0.05, 0.1) is 24.4 Å². The summed E-state index contributed by atoms with van der Waals surface area (Å²) < 4.78 is 13.6. The zero-order valence-electron chi connectivity index (χ0n) is 28.1. The van der Waals surface area contributed by atoms with Crippen LogP contribution in [0, 0.1) is 5.92 Å². The zero-order valence-corrected chi connectivity index (χ0v) is 28.1. The molecule has 4 atom stereocenters. The maximum atomic E-state index is 12.6. The number of nitrogens with one attached hydrogen (secondary N) is 1. The Kier molecular flexibility index (Phi) is 10.5. The summed E-state index contributed by atoms with van der Waals surface area (Å²) in [5.41, 5.74) is 6.48. The number of rotatable bonds is 10. The van der Waals surface area contributed by atoms with Crippen LogP contribution in [0.3, 0.4) is 0 Å². The van der Waals surface area contributed by atoms with E-state index in [0.29, 0.717) is 12.1 Å². The molecular weight excluding hydrogens is 628 g/mol. The molecule has 2 aliphatic rings. The number of ether oxygens (including phenoxy) is 2. The first-order valence-electron chi connectivity index (χ1n) is 17.2. The van der Waals surface area contributed by atoms with Crippen molar-refractivity contribution in [1.29, 1.82) is 0 Å². The number of pyridine rings is 1. The first-order chi connectivity index (χ1) is 24.5. The molecule has 2 fully saturated rings. The van der Waals surface area contributed by atoms with Gasteiger partial charge in [-0.2, -0.15) is 0 Å². The van der Waals surface area contributed by atoms with Crippen LogP contribution in [-0.4, -0.2) is 69.7 Å². The lowest BCUT2D eigenvalue weighted by Crippen LogP contribution is -2.51. The van der Waals surface area contributed by atoms with Gasteiger partial charge in [-0.3, -0.25) is 14.7 Å². The fraction of sp³-hybridized carbons (Fsp3) is 0.300. The molecule has 10 heteroatoms. The normalized spacial score (nSPS) is 21.1. The molecule has 0 bridgehead atoms. The van der Waals surface area contributed by atoms with Gasteiger partial charge in [-0.25, -0.2) is 9.97 Å². The predicted molar refractivity (Wildman–Crippen MR) is 191 cm³/mol. The summed E-state index contributed by atoms with van der Waals surface area (Å²) in [5.74, 6) is 0.700. The van der Waals surface area contributed by atoms with Crippen LogP contribution in [0.5, 0.6) is 0 Å². The molecule has 4 unspecified atom stereocenters. The largest absolute Gasteiger partial charge is 0.392 e. The van der Waals surface area contributed by atoms with Gasteiger partial charge >= 0.3 is 0 Å². The summed E-state index contributed by atoms with van der Waals surface area (Å²) in [6.07, 6.45) is 5.95. The van der Waals surface area contributed by atoms with Gasteiger partial charge in [0.15, 0.2) is 6.29 Å². The van der Waals surface area contributed by atoms with E-state index in [9.17, 15) is 9.90 Å². The van der Waals surface area contributed by atoms with Gasteiger partial charge in [0.2, 0.25) is 5.95 Å². The molecule has 1 amide bonds. The Morgan fingerprint density at radius 2 is 1.58 bits per heavy atom. The number of aromatic nitrogens is 3. The smallest absolute Gasteiger partial charge is 0.253 e. The molecule has 5 aromatic rings. The van der Waals surface area contributed by atoms with Crippen molar-refractivity contribution in [2.45, 2.75) is 38.6 Å². The molecule has 0 spiro atoms. The molecule has 4 heterocycles. The van der Waals surface area contributed by atoms with Gasteiger partial charge in [0, 0.05) is 75.5 Å². The van der Waals surface area contributed by atoms with E-state index in [-0.39, 0.29) is 30.6 Å². The molecule has 2 saturated heterocycles. The van der Waals surface area contributed by atoms with Crippen molar-refractivity contribution in [2.75, 3.05) is 37.6 Å². The zero-order chi connectivity index (χ0) is 34.3. The van der Waals surface area contributed by atoms with E-state index in [1.165, 1.54) is 0 Å². The van der Waals surface area contributed by atoms with Gasteiger partial charge in [-0.15, -0.1) is 0 Å². The van der Waals surface area contributed by atoms with Crippen LogP contribution < -0.4 is 10.2 Å². The van der Waals surface area contributed by atoms with Crippen LogP contribution in [0.1, 0.15) is 51.9 Å². The molecule has 7 rings (SSSR count). The van der Waals surface area contributed by atoms with Gasteiger partial charge in [0.25, 0.3) is 5.91 Å². The van der Waals surface area contributed by atoms with E-state index in [1.807, 2.05) is 36.4 Å². The van der Waals surface area contributed by atoms with Gasteiger partial charge in [0.1, 0.15) is 0 Å². The Labute approximate surface area is 292 Å². The highest BCUT2D eigenvalue weighted by Gasteiger charge is 2.39. The van der Waals surface area contributed by atoms with E-state index in [4.69, 9.17) is 9.47 Å². The van der Waals surface area contributed by atoms with E-state index in [2.05, 4.69) is 79.5 Å². The van der Waals surface area contributed by atoms with Crippen LogP contribution in [0.2, 0.25) is 0 Å². The summed E-state index contributed by atoms with van der Waals surface area (Å²) in [6, 6.07) is 29.9. The lowest BCUT2D eigenvalue weighted by Gasteiger charge is -2.44. The molecule has 3 aromatic carbocycles. The second kappa shape index (κ2) is 15.7. The average Bonchev–Trinajstić information content (AvgIpc) is 3.19. The highest BCUT2D eigenvalue weighted by Crippen LogP contribution is 2.42. The molecule has 2 N–H and O–H groups in total. The summed E-state index contributed by atoms with van der Waals surface area (Å²) >= 11 is 0. The van der Waals surface area contributed by atoms with Crippen LogP contribution in [-0.2, 0) is 22.6 Å². The number of amides is 1. The molecule has 2 aliphatic heterocycles. The highest BCUT2D eigenvalue weighted by atomic mass is 16.7. The van der Waals surface area contributed by atoms with E-state index in [1.54, 1.807) is 36.9 Å². The Hall–Kier alpha value is -5.00. The minimum absolute atomic E-state index is 0.000582. The lowest BCUT2D eigenvalue weighted by molar-refractivity contribution is -0.276. The van der Waals surface area contributed by atoms with Crippen molar-refractivity contribution in [1.82, 2.24) is 25.2 Å². The summed E-state index contributed by atoms with van der Waals surface area (Å²) in [7, 11) is 0. The molecule has 0 aliphatic carbocycles. The second-order valence-corrected chi connectivity index (χ2v) is 12.9. The minimum atomic E-state index is -0.570. The molecule has 256 valence electrons. The summed E-state index contributed by atoms with van der Waals surface area (Å²) in [5, 5.41) is 12.6. The van der Waals surface area contributed by atoms with Crippen LogP contribution in [0.15, 0.2) is 116 Å². The molecule has 0 radical (unpaired) electrons. The van der Waals surface area contributed by atoms with E-state index < -0.39 is 6.29 Å². The Bertz CT molecular complexity index is 1850. The quantitative estimate of drug-likeness (QED) is 0.197. The number of anilines is 1. The monoisotopic (exact) mass is 670 g/mol. The number of aliphatic hydroxyl groups is 1. The first-order valence-corrected chi connectivity index (χ1v) is 17.2. The maximum Gasteiger partial charge on any atom is 0.253 e. The van der Waals surface area contributed by atoms with Crippen LogP contribution in [0.4, 0.5) is 5.95 Å². The number of carbonyl (C=O) groups is 1. The molecule has 2 aromatic heterocycles. The average molecular weight is 671 g/mol. The van der Waals surface area contributed by atoms with Crippen LogP contribution in [0.25, 0.3) is 11.1 Å². The summed E-state index contributed by atoms with van der Waals surface area (Å²) in [4.78, 5) is 30.2. The predicted octanol–water partition coefficient (Wildman–Crippen LogP) is 5.57. The fourth-order valence-corrected chi connectivity index (χ4v) is 6.67. The van der Waals surface area contributed by atoms with Crippen molar-refractivity contribution >= 4 is 11.9 Å². The molecule has 10 nitrogen and oxygen atoms in total. The number of aliphatic hydroxyl groups excluding tert-OH is 1. The van der Waals surface area contributed by atoms with Crippen LogP contribution >= 0.6 is 0 Å². The maximum absolute atomic E-state index is 12.6. The number of hydrogen-bond acceptors (Lipinski definition) is 9. The van der Waals surface area contributed by atoms with Crippen molar-refractivity contribution < 1.29 is 19.4 Å². The standard InChI is InChI=1S/C40H42N6O4/c1-28-36(26-45-18-20-46(21-19-45)40-42-16-5-17-43-40)49-39(50-37(28)31-13-11-29(27-47)12-14-31)34-9-3-8-33(23-34)32-7-2-6-30(22-32)24-44-38(48)35-10-4-15-41-25-35/h2-17,22-23,25,28,36-37,39,47H,18-21,24,26-27H2,1H3,(H,44,48).